The van der Waals surface area contributed by atoms with Crippen molar-refractivity contribution in [3.63, 3.8) is 0 Å². The number of allylic oxidation sites excluding steroid dienone is 3. The second-order valence-corrected chi connectivity index (χ2v) is 4.04. The summed E-state index contributed by atoms with van der Waals surface area (Å²) in [6.07, 6.45) is 2.06. The van der Waals surface area contributed by atoms with E-state index in [9.17, 15) is 24.5 Å². The SMILES string of the molecule is C=C(C)C(=O)OCC(=O)OC1=C([N+](=O)[O-])CC(=C=O)C=C1. The first-order valence-corrected chi connectivity index (χ1v) is 5.68. The molecule has 1 aliphatic carbocycles. The van der Waals surface area contributed by atoms with E-state index in [-0.39, 0.29) is 23.3 Å². The second-order valence-electron chi connectivity index (χ2n) is 4.04. The van der Waals surface area contributed by atoms with Gasteiger partial charge in [0.2, 0.25) is 5.76 Å². The molecule has 8 nitrogen and oxygen atoms in total. The number of carbonyl (C=O) groups is 2. The van der Waals surface area contributed by atoms with Crippen molar-refractivity contribution in [1.82, 2.24) is 0 Å². The quantitative estimate of drug-likeness (QED) is 0.243. The Labute approximate surface area is 119 Å². The monoisotopic (exact) mass is 293 g/mol. The van der Waals surface area contributed by atoms with Gasteiger partial charge in [0.05, 0.1) is 11.3 Å². The van der Waals surface area contributed by atoms with E-state index in [0.717, 1.165) is 6.08 Å². The fourth-order valence-electron chi connectivity index (χ4n) is 1.32. The Morgan fingerprint density at radius 2 is 2.14 bits per heavy atom. The standard InChI is InChI=1S/C13H11NO7/c1-8(2)13(17)20-7-12(16)21-11-4-3-9(6-15)5-10(11)14(18)19/h3-4H,1,5,7H2,2H3. The maximum absolute atomic E-state index is 11.5. The Bertz CT molecular complexity index is 620. The summed E-state index contributed by atoms with van der Waals surface area (Å²) in [4.78, 5) is 43.1. The van der Waals surface area contributed by atoms with E-state index in [1.54, 1.807) is 0 Å². The molecule has 0 spiro atoms. The highest BCUT2D eigenvalue weighted by molar-refractivity contribution is 5.88. The van der Waals surface area contributed by atoms with Crippen molar-refractivity contribution < 1.29 is 28.8 Å². The van der Waals surface area contributed by atoms with Crippen molar-refractivity contribution in [3.05, 3.63) is 51.4 Å². The molecule has 1 aliphatic rings. The third kappa shape index (κ3) is 4.55. The molecule has 110 valence electrons. The highest BCUT2D eigenvalue weighted by atomic mass is 16.6. The number of hydrogen-bond donors (Lipinski definition) is 0. The van der Waals surface area contributed by atoms with Crippen molar-refractivity contribution in [2.24, 2.45) is 0 Å². The molecule has 0 N–H and O–H groups in total. The Balaban J connectivity index is 2.76. The van der Waals surface area contributed by atoms with Crippen LogP contribution in [0, 0.1) is 10.1 Å². The molecule has 21 heavy (non-hydrogen) atoms. The van der Waals surface area contributed by atoms with Gasteiger partial charge in [0.25, 0.3) is 5.70 Å². The van der Waals surface area contributed by atoms with Crippen LogP contribution in [0.1, 0.15) is 13.3 Å². The molecule has 0 aliphatic heterocycles. The van der Waals surface area contributed by atoms with Crippen LogP contribution in [0.25, 0.3) is 0 Å². The smallest absolute Gasteiger partial charge is 0.349 e. The summed E-state index contributed by atoms with van der Waals surface area (Å²) in [6.45, 7) is 4.02. The molecule has 0 fully saturated rings. The number of esters is 2. The predicted octanol–water partition coefficient (Wildman–Crippen LogP) is 0.855. The van der Waals surface area contributed by atoms with Gasteiger partial charge in [0.15, 0.2) is 6.61 Å². The molecule has 1 rings (SSSR count). The summed E-state index contributed by atoms with van der Waals surface area (Å²) >= 11 is 0. The molecule has 0 aromatic rings. The number of nitro groups is 1. The molecular formula is C13H11NO7. The lowest BCUT2D eigenvalue weighted by molar-refractivity contribution is -0.429. The van der Waals surface area contributed by atoms with E-state index in [1.165, 1.54) is 18.9 Å². The van der Waals surface area contributed by atoms with Gasteiger partial charge in [-0.15, -0.1) is 0 Å². The Morgan fingerprint density at radius 1 is 1.48 bits per heavy atom. The minimum absolute atomic E-state index is 0.0650. The van der Waals surface area contributed by atoms with Crippen LogP contribution in [-0.2, 0) is 23.9 Å². The summed E-state index contributed by atoms with van der Waals surface area (Å²) in [5.74, 6) is -0.534. The maximum Gasteiger partial charge on any atom is 0.349 e. The number of rotatable bonds is 5. The van der Waals surface area contributed by atoms with Gasteiger partial charge in [-0.2, -0.15) is 0 Å². The average Bonchev–Trinajstić information content (AvgIpc) is 2.44. The number of hydrogen-bond acceptors (Lipinski definition) is 7. The highest BCUT2D eigenvalue weighted by Crippen LogP contribution is 2.23. The Morgan fingerprint density at radius 3 is 2.67 bits per heavy atom. The first kappa shape index (κ1) is 16.1. The molecule has 0 saturated heterocycles. The van der Waals surface area contributed by atoms with Crippen LogP contribution in [0.4, 0.5) is 0 Å². The Hall–Kier alpha value is -2.99. The van der Waals surface area contributed by atoms with Crippen LogP contribution in [0.15, 0.2) is 41.3 Å². The zero-order valence-electron chi connectivity index (χ0n) is 11.1. The van der Waals surface area contributed by atoms with Gasteiger partial charge in [0, 0.05) is 11.1 Å². The zero-order chi connectivity index (χ0) is 16.0. The first-order valence-electron chi connectivity index (χ1n) is 5.68. The van der Waals surface area contributed by atoms with Gasteiger partial charge in [-0.3, -0.25) is 10.1 Å². The number of ether oxygens (including phenoxy) is 2. The fourth-order valence-corrected chi connectivity index (χ4v) is 1.32. The van der Waals surface area contributed by atoms with Crippen molar-refractivity contribution in [1.29, 1.82) is 0 Å². The van der Waals surface area contributed by atoms with Crippen molar-refractivity contribution >= 4 is 17.9 Å². The molecule has 8 heteroatoms. The van der Waals surface area contributed by atoms with Crippen LogP contribution < -0.4 is 0 Å². The molecule has 0 bridgehead atoms. The molecule has 0 heterocycles. The lowest BCUT2D eigenvalue weighted by Gasteiger charge is -2.10. The van der Waals surface area contributed by atoms with E-state index < -0.39 is 29.2 Å². The normalized spacial score (nSPS) is 13.5. The second kappa shape index (κ2) is 6.97. The number of nitrogens with zero attached hydrogens (tertiary/aromatic N) is 1. The van der Waals surface area contributed by atoms with E-state index in [0.29, 0.717) is 0 Å². The van der Waals surface area contributed by atoms with Crippen LogP contribution in [0.5, 0.6) is 0 Å². The van der Waals surface area contributed by atoms with Gasteiger partial charge < -0.3 is 9.47 Å². The van der Waals surface area contributed by atoms with Crippen LogP contribution in [0.3, 0.4) is 0 Å². The molecule has 0 saturated carbocycles. The van der Waals surface area contributed by atoms with Gasteiger partial charge in [0.1, 0.15) is 5.94 Å². The third-order valence-corrected chi connectivity index (χ3v) is 2.32. The van der Waals surface area contributed by atoms with E-state index in [2.05, 4.69) is 11.3 Å². The van der Waals surface area contributed by atoms with Crippen LogP contribution in [-0.4, -0.2) is 29.4 Å². The first-order chi connectivity index (χ1) is 9.85. The average molecular weight is 293 g/mol. The molecule has 0 amide bonds. The van der Waals surface area contributed by atoms with Crippen molar-refractivity contribution in [2.45, 2.75) is 13.3 Å². The van der Waals surface area contributed by atoms with E-state index in [4.69, 9.17) is 4.74 Å². The van der Waals surface area contributed by atoms with E-state index in [1.807, 2.05) is 0 Å². The van der Waals surface area contributed by atoms with Gasteiger partial charge in [-0.25, -0.2) is 14.4 Å². The summed E-state index contributed by atoms with van der Waals surface area (Å²) in [7, 11) is 0. The summed E-state index contributed by atoms with van der Waals surface area (Å²) in [6, 6.07) is 0. The Kier molecular flexibility index (Phi) is 5.33. The summed E-state index contributed by atoms with van der Waals surface area (Å²) in [5, 5.41) is 10.8. The minimum Gasteiger partial charge on any atom is -0.450 e. The molecule has 0 unspecified atom stereocenters. The predicted molar refractivity (Wildman–Crippen MR) is 68.8 cm³/mol. The molecule has 0 radical (unpaired) electrons. The maximum atomic E-state index is 11.5. The van der Waals surface area contributed by atoms with Crippen molar-refractivity contribution in [2.75, 3.05) is 6.61 Å². The van der Waals surface area contributed by atoms with Crippen molar-refractivity contribution in [3.8, 4) is 0 Å². The largest absolute Gasteiger partial charge is 0.450 e. The molecule has 0 aromatic carbocycles. The molecule has 0 aromatic heterocycles. The molecular weight excluding hydrogens is 282 g/mol. The van der Waals surface area contributed by atoms with Crippen LogP contribution >= 0.6 is 0 Å². The minimum atomic E-state index is -0.984. The van der Waals surface area contributed by atoms with Gasteiger partial charge in [-0.05, 0) is 19.1 Å². The van der Waals surface area contributed by atoms with Crippen LogP contribution in [0.2, 0.25) is 0 Å². The lowest BCUT2D eigenvalue weighted by Crippen LogP contribution is -2.18. The summed E-state index contributed by atoms with van der Waals surface area (Å²) in [5.41, 5.74) is -0.281. The fraction of sp³-hybridized carbons (Fsp3) is 0.231. The summed E-state index contributed by atoms with van der Waals surface area (Å²) < 4.78 is 9.30. The molecule has 0 atom stereocenters. The van der Waals surface area contributed by atoms with Gasteiger partial charge >= 0.3 is 11.9 Å². The lowest BCUT2D eigenvalue weighted by atomic mass is 10.1. The topological polar surface area (TPSA) is 113 Å². The third-order valence-electron chi connectivity index (χ3n) is 2.32. The van der Waals surface area contributed by atoms with Gasteiger partial charge in [-0.1, -0.05) is 6.58 Å². The number of carbonyl (C=O) groups excluding carboxylic acids is 3. The zero-order valence-corrected chi connectivity index (χ0v) is 11.1. The highest BCUT2D eigenvalue weighted by Gasteiger charge is 2.26. The van der Waals surface area contributed by atoms with E-state index >= 15 is 0 Å².